The second-order valence-corrected chi connectivity index (χ2v) is 4.12. The Morgan fingerprint density at radius 2 is 2.12 bits per heavy atom. The number of anilines is 1. The highest BCUT2D eigenvalue weighted by atomic mass is 16.2. The molecule has 88 valence electrons. The van der Waals surface area contributed by atoms with E-state index in [2.05, 4.69) is 20.7 Å². The van der Waals surface area contributed by atoms with Gasteiger partial charge >= 0.3 is 0 Å². The van der Waals surface area contributed by atoms with E-state index in [4.69, 9.17) is 5.84 Å². The second-order valence-electron chi connectivity index (χ2n) is 4.12. The molecule has 1 amide bonds. The van der Waals surface area contributed by atoms with Gasteiger partial charge in [0.2, 0.25) is 0 Å². The smallest absolute Gasteiger partial charge is 0.271 e. The van der Waals surface area contributed by atoms with Gasteiger partial charge in [-0.15, -0.1) is 0 Å². The van der Waals surface area contributed by atoms with Gasteiger partial charge in [0.05, 0.1) is 12.4 Å². The predicted octanol–water partition coefficient (Wildman–Crippen LogP) is 0.681. The lowest BCUT2D eigenvalue weighted by molar-refractivity contribution is 0.0905. The Balaban J connectivity index is 2.73. The zero-order valence-corrected chi connectivity index (χ0v) is 9.74. The van der Waals surface area contributed by atoms with Crippen molar-refractivity contribution in [2.45, 2.75) is 32.7 Å². The van der Waals surface area contributed by atoms with E-state index in [0.717, 1.165) is 6.42 Å². The molecule has 6 nitrogen and oxygen atoms in total. The first-order valence-electron chi connectivity index (χ1n) is 5.09. The van der Waals surface area contributed by atoms with Crippen LogP contribution < -0.4 is 16.6 Å². The normalized spacial score (nSPS) is 11.0. The summed E-state index contributed by atoms with van der Waals surface area (Å²) in [4.78, 5) is 19.6. The van der Waals surface area contributed by atoms with Crippen LogP contribution >= 0.6 is 0 Å². The van der Waals surface area contributed by atoms with Crippen LogP contribution in [-0.4, -0.2) is 21.4 Å². The maximum atomic E-state index is 11.8. The summed E-state index contributed by atoms with van der Waals surface area (Å²) in [6, 6.07) is 0. The molecule has 16 heavy (non-hydrogen) atoms. The molecule has 6 heteroatoms. The number of aromatic nitrogens is 2. The van der Waals surface area contributed by atoms with Crippen LogP contribution in [0.25, 0.3) is 0 Å². The van der Waals surface area contributed by atoms with E-state index in [1.165, 1.54) is 12.4 Å². The predicted molar refractivity (Wildman–Crippen MR) is 61.7 cm³/mol. The number of carbonyl (C=O) groups excluding carboxylic acids is 1. The Labute approximate surface area is 94.6 Å². The molecule has 0 atom stereocenters. The van der Waals surface area contributed by atoms with Gasteiger partial charge in [-0.3, -0.25) is 4.79 Å². The highest BCUT2D eigenvalue weighted by Gasteiger charge is 2.19. The van der Waals surface area contributed by atoms with E-state index < -0.39 is 0 Å². The van der Waals surface area contributed by atoms with Crippen molar-refractivity contribution in [3.63, 3.8) is 0 Å². The van der Waals surface area contributed by atoms with Crippen molar-refractivity contribution in [3.05, 3.63) is 18.1 Å². The van der Waals surface area contributed by atoms with Crippen LogP contribution in [0.4, 0.5) is 5.82 Å². The van der Waals surface area contributed by atoms with Gasteiger partial charge in [0, 0.05) is 5.54 Å². The van der Waals surface area contributed by atoms with Crippen molar-refractivity contribution >= 4 is 11.7 Å². The van der Waals surface area contributed by atoms with Crippen molar-refractivity contribution in [2.24, 2.45) is 5.84 Å². The third-order valence-electron chi connectivity index (χ3n) is 2.37. The van der Waals surface area contributed by atoms with E-state index in [-0.39, 0.29) is 17.1 Å². The molecule has 1 heterocycles. The number of carbonyl (C=O) groups is 1. The highest BCUT2D eigenvalue weighted by molar-refractivity contribution is 5.92. The van der Waals surface area contributed by atoms with E-state index in [0.29, 0.717) is 5.82 Å². The minimum absolute atomic E-state index is 0.233. The maximum absolute atomic E-state index is 11.8. The monoisotopic (exact) mass is 223 g/mol. The first-order valence-corrected chi connectivity index (χ1v) is 5.09. The third kappa shape index (κ3) is 3.16. The minimum atomic E-state index is -0.246. The number of nitrogens with zero attached hydrogens (tertiary/aromatic N) is 2. The summed E-state index contributed by atoms with van der Waals surface area (Å²) in [6.07, 6.45) is 3.64. The summed E-state index contributed by atoms with van der Waals surface area (Å²) >= 11 is 0. The summed E-state index contributed by atoms with van der Waals surface area (Å²) in [7, 11) is 0. The van der Waals surface area contributed by atoms with Crippen LogP contribution in [0, 0.1) is 0 Å². The molecule has 1 aromatic rings. The zero-order chi connectivity index (χ0) is 12.2. The van der Waals surface area contributed by atoms with E-state index >= 15 is 0 Å². The zero-order valence-electron chi connectivity index (χ0n) is 9.74. The molecule has 1 aromatic heterocycles. The topological polar surface area (TPSA) is 92.9 Å². The number of hydrazine groups is 1. The van der Waals surface area contributed by atoms with Crippen LogP contribution in [0.2, 0.25) is 0 Å². The number of rotatable bonds is 4. The molecule has 0 saturated carbocycles. The largest absolute Gasteiger partial charge is 0.346 e. The Bertz CT molecular complexity index is 360. The van der Waals surface area contributed by atoms with Gasteiger partial charge in [-0.05, 0) is 20.3 Å². The standard InChI is InChI=1S/C10H17N5O/c1-4-10(2,3)14-9(16)7-5-13-8(15-11)6-12-7/h5-6H,4,11H2,1-3H3,(H,13,15)(H,14,16). The van der Waals surface area contributed by atoms with Gasteiger partial charge in [0.15, 0.2) is 5.82 Å². The number of hydrogen-bond donors (Lipinski definition) is 3. The molecule has 0 bridgehead atoms. The molecule has 0 radical (unpaired) electrons. The fourth-order valence-electron chi connectivity index (χ4n) is 0.980. The Morgan fingerprint density at radius 3 is 2.56 bits per heavy atom. The molecule has 0 aromatic carbocycles. The molecule has 0 aliphatic carbocycles. The molecule has 0 fully saturated rings. The Hall–Kier alpha value is -1.69. The first kappa shape index (κ1) is 12.4. The van der Waals surface area contributed by atoms with Gasteiger partial charge < -0.3 is 10.7 Å². The molecular weight excluding hydrogens is 206 g/mol. The van der Waals surface area contributed by atoms with Crippen molar-refractivity contribution < 1.29 is 4.79 Å². The van der Waals surface area contributed by atoms with E-state index in [1.807, 2.05) is 20.8 Å². The number of hydrogen-bond acceptors (Lipinski definition) is 5. The lowest BCUT2D eigenvalue weighted by atomic mass is 10.0. The first-order chi connectivity index (χ1) is 7.48. The summed E-state index contributed by atoms with van der Waals surface area (Å²) < 4.78 is 0. The van der Waals surface area contributed by atoms with Crippen molar-refractivity contribution in [2.75, 3.05) is 5.43 Å². The SMILES string of the molecule is CCC(C)(C)NC(=O)c1cnc(NN)cn1. The maximum Gasteiger partial charge on any atom is 0.271 e. The molecule has 0 saturated heterocycles. The quantitative estimate of drug-likeness (QED) is 0.515. The van der Waals surface area contributed by atoms with Gasteiger partial charge in [-0.25, -0.2) is 15.8 Å². The molecule has 0 aliphatic heterocycles. The lowest BCUT2D eigenvalue weighted by Gasteiger charge is -2.23. The summed E-state index contributed by atoms with van der Waals surface area (Å²) in [6.45, 7) is 5.91. The molecule has 4 N–H and O–H groups in total. The van der Waals surface area contributed by atoms with Crippen LogP contribution in [0.15, 0.2) is 12.4 Å². The van der Waals surface area contributed by atoms with E-state index in [9.17, 15) is 4.79 Å². The second kappa shape index (κ2) is 4.89. The lowest BCUT2D eigenvalue weighted by Crippen LogP contribution is -2.43. The Morgan fingerprint density at radius 1 is 1.44 bits per heavy atom. The third-order valence-corrected chi connectivity index (χ3v) is 2.37. The summed E-state index contributed by atoms with van der Waals surface area (Å²) in [5.74, 6) is 5.34. The van der Waals surface area contributed by atoms with Crippen molar-refractivity contribution in [1.29, 1.82) is 0 Å². The number of amides is 1. The Kier molecular flexibility index (Phi) is 3.78. The van der Waals surface area contributed by atoms with Crippen LogP contribution in [0.5, 0.6) is 0 Å². The van der Waals surface area contributed by atoms with Gasteiger partial charge in [-0.2, -0.15) is 0 Å². The number of nitrogen functional groups attached to an aromatic ring is 1. The van der Waals surface area contributed by atoms with Crippen LogP contribution in [-0.2, 0) is 0 Å². The minimum Gasteiger partial charge on any atom is -0.346 e. The molecule has 1 rings (SSSR count). The fourth-order valence-corrected chi connectivity index (χ4v) is 0.980. The van der Waals surface area contributed by atoms with Gasteiger partial charge in [0.25, 0.3) is 5.91 Å². The number of nitrogens with two attached hydrogens (primary N) is 1. The highest BCUT2D eigenvalue weighted by Crippen LogP contribution is 2.08. The van der Waals surface area contributed by atoms with Gasteiger partial charge in [0.1, 0.15) is 5.69 Å². The van der Waals surface area contributed by atoms with Crippen molar-refractivity contribution in [1.82, 2.24) is 15.3 Å². The van der Waals surface area contributed by atoms with Crippen LogP contribution in [0.1, 0.15) is 37.7 Å². The molecule has 0 spiro atoms. The average molecular weight is 223 g/mol. The molecule has 0 unspecified atom stereocenters. The number of nitrogens with one attached hydrogen (secondary N) is 2. The van der Waals surface area contributed by atoms with Gasteiger partial charge in [-0.1, -0.05) is 6.92 Å². The van der Waals surface area contributed by atoms with Crippen LogP contribution in [0.3, 0.4) is 0 Å². The summed E-state index contributed by atoms with van der Waals surface area (Å²) in [5, 5.41) is 2.87. The molecule has 0 aliphatic rings. The molecular formula is C10H17N5O. The van der Waals surface area contributed by atoms with E-state index in [1.54, 1.807) is 0 Å². The summed E-state index contributed by atoms with van der Waals surface area (Å²) in [5.41, 5.74) is 2.38. The fraction of sp³-hybridized carbons (Fsp3) is 0.500. The van der Waals surface area contributed by atoms with Crippen molar-refractivity contribution in [3.8, 4) is 0 Å². The average Bonchev–Trinajstić information content (AvgIpc) is 2.28.